The largest absolute Gasteiger partial charge is 0.492 e. The van der Waals surface area contributed by atoms with Gasteiger partial charge in [0.15, 0.2) is 0 Å². The van der Waals surface area contributed by atoms with Gasteiger partial charge in [0.25, 0.3) is 0 Å². The van der Waals surface area contributed by atoms with E-state index in [0.717, 1.165) is 32.5 Å². The van der Waals surface area contributed by atoms with Crippen LogP contribution < -0.4 is 4.74 Å². The molecule has 1 N–H and O–H groups in total. The number of benzene rings is 1. The van der Waals surface area contributed by atoms with Crippen LogP contribution in [0.4, 0.5) is 0 Å². The van der Waals surface area contributed by atoms with Crippen LogP contribution in [-0.2, 0) is 0 Å². The summed E-state index contributed by atoms with van der Waals surface area (Å²) < 4.78 is 5.67. The van der Waals surface area contributed by atoms with Crippen molar-refractivity contribution >= 4 is 0 Å². The number of nitrogens with zero attached hydrogens (tertiary/aromatic N) is 2. The molecule has 20 heavy (non-hydrogen) atoms. The summed E-state index contributed by atoms with van der Waals surface area (Å²) >= 11 is 0. The van der Waals surface area contributed by atoms with Crippen molar-refractivity contribution in [1.29, 1.82) is 5.26 Å². The van der Waals surface area contributed by atoms with Crippen molar-refractivity contribution in [2.75, 3.05) is 32.8 Å². The zero-order valence-electron chi connectivity index (χ0n) is 11.8. The van der Waals surface area contributed by atoms with E-state index in [1.165, 1.54) is 6.42 Å². The molecule has 1 aromatic carbocycles. The molecule has 108 valence electrons. The normalized spacial score (nSPS) is 18.9. The Hall–Kier alpha value is -1.57. The molecule has 1 atom stereocenters. The third-order valence-electron chi connectivity index (χ3n) is 3.79. The standard InChI is InChI=1S/C16H22N2O2/c17-12-15-4-1-2-5-16(15)20-11-3-8-18-9-6-14(13-18)7-10-19/h1-2,4-5,14,19H,3,6-11,13H2. The lowest BCUT2D eigenvalue weighted by atomic mass is 10.1. The third-order valence-corrected chi connectivity index (χ3v) is 3.79. The van der Waals surface area contributed by atoms with E-state index in [9.17, 15) is 0 Å². The molecular weight excluding hydrogens is 252 g/mol. The van der Waals surface area contributed by atoms with Gasteiger partial charge in [0.1, 0.15) is 11.8 Å². The average molecular weight is 274 g/mol. The van der Waals surface area contributed by atoms with E-state index in [1.54, 1.807) is 6.07 Å². The highest BCUT2D eigenvalue weighted by Crippen LogP contribution is 2.20. The molecule has 1 aromatic rings. The molecule has 0 saturated carbocycles. The molecule has 1 heterocycles. The van der Waals surface area contributed by atoms with Gasteiger partial charge in [-0.2, -0.15) is 5.26 Å². The lowest BCUT2D eigenvalue weighted by molar-refractivity contribution is 0.239. The zero-order chi connectivity index (χ0) is 14.2. The van der Waals surface area contributed by atoms with Crippen LogP contribution in [0.25, 0.3) is 0 Å². The van der Waals surface area contributed by atoms with Gasteiger partial charge in [-0.3, -0.25) is 0 Å². The molecule has 1 saturated heterocycles. The highest BCUT2D eigenvalue weighted by atomic mass is 16.5. The number of rotatable bonds is 7. The first-order chi connectivity index (χ1) is 9.83. The minimum absolute atomic E-state index is 0.298. The van der Waals surface area contributed by atoms with Gasteiger partial charge in [-0.15, -0.1) is 0 Å². The maximum Gasteiger partial charge on any atom is 0.137 e. The number of hydrogen-bond acceptors (Lipinski definition) is 4. The van der Waals surface area contributed by atoms with E-state index < -0.39 is 0 Å². The molecule has 0 aromatic heterocycles. The Kier molecular flexibility index (Phi) is 5.85. The number of ether oxygens (including phenoxy) is 1. The SMILES string of the molecule is N#Cc1ccccc1OCCCN1CCC(CCO)C1. The molecule has 0 aliphatic carbocycles. The number of aliphatic hydroxyl groups excluding tert-OH is 1. The Bertz CT molecular complexity index is 456. The van der Waals surface area contributed by atoms with E-state index in [2.05, 4.69) is 11.0 Å². The fraction of sp³-hybridized carbons (Fsp3) is 0.562. The van der Waals surface area contributed by atoms with Gasteiger partial charge in [0.05, 0.1) is 12.2 Å². The van der Waals surface area contributed by atoms with E-state index in [4.69, 9.17) is 15.1 Å². The Morgan fingerprint density at radius 2 is 2.25 bits per heavy atom. The van der Waals surface area contributed by atoms with Gasteiger partial charge in [0.2, 0.25) is 0 Å². The Labute approximate surface area is 120 Å². The van der Waals surface area contributed by atoms with Gasteiger partial charge in [-0.05, 0) is 43.9 Å². The van der Waals surface area contributed by atoms with Gasteiger partial charge in [-0.1, -0.05) is 12.1 Å². The number of likely N-dealkylation sites (tertiary alicyclic amines) is 1. The summed E-state index contributed by atoms with van der Waals surface area (Å²) in [6, 6.07) is 9.48. The minimum Gasteiger partial charge on any atom is -0.492 e. The van der Waals surface area contributed by atoms with Crippen LogP contribution in [0.1, 0.15) is 24.8 Å². The summed E-state index contributed by atoms with van der Waals surface area (Å²) in [4.78, 5) is 2.43. The summed E-state index contributed by atoms with van der Waals surface area (Å²) in [7, 11) is 0. The van der Waals surface area contributed by atoms with Crippen LogP contribution >= 0.6 is 0 Å². The highest BCUT2D eigenvalue weighted by Gasteiger charge is 2.21. The van der Waals surface area contributed by atoms with Crippen LogP contribution in [0.3, 0.4) is 0 Å². The van der Waals surface area contributed by atoms with Crippen LogP contribution in [-0.4, -0.2) is 42.9 Å². The molecule has 1 aliphatic rings. The summed E-state index contributed by atoms with van der Waals surface area (Å²) in [5, 5.41) is 17.9. The minimum atomic E-state index is 0.298. The Morgan fingerprint density at radius 3 is 3.05 bits per heavy atom. The topological polar surface area (TPSA) is 56.5 Å². The van der Waals surface area contributed by atoms with E-state index in [1.807, 2.05) is 18.2 Å². The quantitative estimate of drug-likeness (QED) is 0.773. The molecule has 1 unspecified atom stereocenters. The summed E-state index contributed by atoms with van der Waals surface area (Å²) in [6.45, 7) is 4.18. The first-order valence-corrected chi connectivity index (χ1v) is 7.28. The first-order valence-electron chi connectivity index (χ1n) is 7.28. The van der Waals surface area contributed by atoms with Gasteiger partial charge in [-0.25, -0.2) is 0 Å². The number of para-hydroxylation sites is 1. The first kappa shape index (κ1) is 14.8. The summed E-state index contributed by atoms with van der Waals surface area (Å²) in [5.74, 6) is 1.33. The molecule has 0 bridgehead atoms. The predicted octanol–water partition coefficient (Wildman–Crippen LogP) is 2.03. The van der Waals surface area contributed by atoms with Crippen molar-refractivity contribution in [3.63, 3.8) is 0 Å². The van der Waals surface area contributed by atoms with E-state index in [-0.39, 0.29) is 0 Å². The van der Waals surface area contributed by atoms with Crippen molar-refractivity contribution in [3.8, 4) is 11.8 Å². The maximum atomic E-state index is 8.97. The second kappa shape index (κ2) is 7.88. The smallest absolute Gasteiger partial charge is 0.137 e. The van der Waals surface area contributed by atoms with E-state index >= 15 is 0 Å². The number of aliphatic hydroxyl groups is 1. The maximum absolute atomic E-state index is 8.97. The average Bonchev–Trinajstić information content (AvgIpc) is 2.92. The van der Waals surface area contributed by atoms with Crippen molar-refractivity contribution in [2.24, 2.45) is 5.92 Å². The fourth-order valence-corrected chi connectivity index (χ4v) is 2.69. The van der Waals surface area contributed by atoms with E-state index in [0.29, 0.717) is 30.4 Å². The molecule has 0 amide bonds. The monoisotopic (exact) mass is 274 g/mol. The zero-order valence-corrected chi connectivity index (χ0v) is 11.8. The van der Waals surface area contributed by atoms with Crippen LogP contribution in [0.15, 0.2) is 24.3 Å². The Balaban J connectivity index is 1.66. The molecular formula is C16H22N2O2. The molecule has 0 spiro atoms. The van der Waals surface area contributed by atoms with Gasteiger partial charge in [0, 0.05) is 19.7 Å². The van der Waals surface area contributed by atoms with Crippen LogP contribution in [0.5, 0.6) is 5.75 Å². The molecule has 4 heteroatoms. The summed E-state index contributed by atoms with van der Waals surface area (Å²) in [5.41, 5.74) is 0.594. The van der Waals surface area contributed by atoms with Crippen LogP contribution in [0.2, 0.25) is 0 Å². The van der Waals surface area contributed by atoms with Crippen molar-refractivity contribution < 1.29 is 9.84 Å². The van der Waals surface area contributed by atoms with Crippen LogP contribution in [0, 0.1) is 17.2 Å². The predicted molar refractivity (Wildman–Crippen MR) is 77.5 cm³/mol. The molecule has 0 radical (unpaired) electrons. The third kappa shape index (κ3) is 4.22. The van der Waals surface area contributed by atoms with Gasteiger partial charge < -0.3 is 14.7 Å². The second-order valence-corrected chi connectivity index (χ2v) is 5.28. The molecule has 2 rings (SSSR count). The van der Waals surface area contributed by atoms with Crippen molar-refractivity contribution in [3.05, 3.63) is 29.8 Å². The molecule has 4 nitrogen and oxygen atoms in total. The lowest BCUT2D eigenvalue weighted by Crippen LogP contribution is -2.23. The summed E-state index contributed by atoms with van der Waals surface area (Å²) in [6.07, 6.45) is 3.08. The molecule has 1 fully saturated rings. The van der Waals surface area contributed by atoms with Gasteiger partial charge >= 0.3 is 0 Å². The lowest BCUT2D eigenvalue weighted by Gasteiger charge is -2.16. The highest BCUT2D eigenvalue weighted by molar-refractivity contribution is 5.42. The Morgan fingerprint density at radius 1 is 1.40 bits per heavy atom. The van der Waals surface area contributed by atoms with Crippen molar-refractivity contribution in [2.45, 2.75) is 19.3 Å². The van der Waals surface area contributed by atoms with Crippen molar-refractivity contribution in [1.82, 2.24) is 4.90 Å². The number of hydrogen-bond donors (Lipinski definition) is 1. The fourth-order valence-electron chi connectivity index (χ4n) is 2.69. The molecule has 1 aliphatic heterocycles. The second-order valence-electron chi connectivity index (χ2n) is 5.28. The number of nitriles is 1.